The Bertz CT molecular complexity index is 916. The van der Waals surface area contributed by atoms with Crippen LogP contribution in [0.3, 0.4) is 0 Å². The Hall–Kier alpha value is -3.08. The molecule has 0 aliphatic carbocycles. The van der Waals surface area contributed by atoms with Crippen LogP contribution in [-0.2, 0) is 24.3 Å². The highest BCUT2D eigenvalue weighted by Crippen LogP contribution is 2.26. The summed E-state index contributed by atoms with van der Waals surface area (Å²) >= 11 is 0. The zero-order valence-electron chi connectivity index (χ0n) is 15.5. The summed E-state index contributed by atoms with van der Waals surface area (Å²) in [5.74, 6) is 1.98. The van der Waals surface area contributed by atoms with Crippen molar-refractivity contribution in [3.63, 3.8) is 0 Å². The fraction of sp³-hybridized carbons (Fsp3) is 0.273. The number of hydrogen-bond donors (Lipinski definition) is 0. The van der Waals surface area contributed by atoms with Gasteiger partial charge in [-0.15, -0.1) is 0 Å². The maximum atomic E-state index is 12.6. The Balaban J connectivity index is 1.43. The number of amides is 1. The lowest BCUT2D eigenvalue weighted by atomic mass is 10.1. The first-order valence-corrected chi connectivity index (χ1v) is 9.25. The molecule has 1 aliphatic rings. The number of rotatable bonds is 5. The van der Waals surface area contributed by atoms with Gasteiger partial charge in [-0.1, -0.05) is 30.3 Å². The highest BCUT2D eigenvalue weighted by molar-refractivity contribution is 5.76. The van der Waals surface area contributed by atoms with E-state index in [0.717, 1.165) is 42.3 Å². The van der Waals surface area contributed by atoms with Crippen molar-refractivity contribution in [2.45, 2.75) is 25.9 Å². The summed E-state index contributed by atoms with van der Waals surface area (Å²) in [6.45, 7) is 2.07. The molecule has 1 amide bonds. The quantitative estimate of drug-likeness (QED) is 0.698. The fourth-order valence-electron chi connectivity index (χ4n) is 3.52. The highest BCUT2D eigenvalue weighted by Gasteiger charge is 2.23. The lowest BCUT2D eigenvalue weighted by molar-refractivity contribution is -0.132. The van der Waals surface area contributed by atoms with Crippen molar-refractivity contribution in [3.05, 3.63) is 72.2 Å². The van der Waals surface area contributed by atoms with Crippen molar-refractivity contribution in [3.8, 4) is 17.0 Å². The molecule has 0 saturated carbocycles. The lowest BCUT2D eigenvalue weighted by Crippen LogP contribution is -2.38. The van der Waals surface area contributed by atoms with E-state index < -0.39 is 0 Å². The second kappa shape index (κ2) is 7.66. The predicted octanol–water partition coefficient (Wildman–Crippen LogP) is 3.53. The molecule has 0 unspecified atom stereocenters. The van der Waals surface area contributed by atoms with Gasteiger partial charge in [0.15, 0.2) is 0 Å². The third-order valence-corrected chi connectivity index (χ3v) is 5.07. The first-order chi connectivity index (χ1) is 13.2. The first-order valence-electron chi connectivity index (χ1n) is 9.25. The largest absolute Gasteiger partial charge is 0.497 e. The molecule has 0 bridgehead atoms. The molecule has 1 aromatic heterocycles. The minimum atomic E-state index is 0.194. The smallest absolute Gasteiger partial charge is 0.223 e. The molecule has 138 valence electrons. The van der Waals surface area contributed by atoms with Gasteiger partial charge in [0, 0.05) is 25.1 Å². The zero-order chi connectivity index (χ0) is 18.6. The summed E-state index contributed by atoms with van der Waals surface area (Å²) in [4.78, 5) is 19.1. The van der Waals surface area contributed by atoms with E-state index in [1.807, 2.05) is 53.6 Å². The van der Waals surface area contributed by atoms with Crippen molar-refractivity contribution >= 4 is 5.91 Å². The Morgan fingerprint density at radius 1 is 1.07 bits per heavy atom. The molecule has 0 atom stereocenters. The van der Waals surface area contributed by atoms with Crippen LogP contribution in [0.5, 0.6) is 5.75 Å². The van der Waals surface area contributed by atoms with Crippen molar-refractivity contribution in [2.75, 3.05) is 13.7 Å². The van der Waals surface area contributed by atoms with Crippen LogP contribution in [-0.4, -0.2) is 34.0 Å². The summed E-state index contributed by atoms with van der Waals surface area (Å²) < 4.78 is 7.44. The van der Waals surface area contributed by atoms with Crippen LogP contribution in [0.1, 0.15) is 17.8 Å². The van der Waals surface area contributed by atoms with Crippen molar-refractivity contribution < 1.29 is 9.53 Å². The summed E-state index contributed by atoms with van der Waals surface area (Å²) in [6, 6.07) is 18.2. The number of benzene rings is 2. The van der Waals surface area contributed by atoms with E-state index in [1.54, 1.807) is 7.11 Å². The second-order valence-corrected chi connectivity index (χ2v) is 6.74. The number of fused-ring (bicyclic) bond motifs is 1. The zero-order valence-corrected chi connectivity index (χ0v) is 15.5. The maximum Gasteiger partial charge on any atom is 0.223 e. The standard InChI is InChI=1S/C22H23N3O2/c1-27-19-10-8-18(9-11-19)20-15-23-21-16-24(13-14-25(20)21)22(26)12-7-17-5-3-2-4-6-17/h2-6,8-11,15H,7,12-14,16H2,1H3. The van der Waals surface area contributed by atoms with E-state index in [0.29, 0.717) is 13.0 Å². The number of carbonyl (C=O) groups excluding carboxylic acids is 1. The Morgan fingerprint density at radius 3 is 2.59 bits per heavy atom. The normalized spacial score (nSPS) is 13.3. The minimum Gasteiger partial charge on any atom is -0.497 e. The van der Waals surface area contributed by atoms with Crippen molar-refractivity contribution in [2.24, 2.45) is 0 Å². The number of hydrogen-bond acceptors (Lipinski definition) is 3. The Morgan fingerprint density at radius 2 is 1.85 bits per heavy atom. The fourth-order valence-corrected chi connectivity index (χ4v) is 3.52. The van der Waals surface area contributed by atoms with Crippen LogP contribution in [0.25, 0.3) is 11.3 Å². The van der Waals surface area contributed by atoms with Gasteiger partial charge in [0.1, 0.15) is 11.6 Å². The molecule has 2 aromatic carbocycles. The monoisotopic (exact) mass is 361 g/mol. The molecular formula is C22H23N3O2. The van der Waals surface area contributed by atoms with Gasteiger partial charge in [-0.05, 0) is 36.2 Å². The molecule has 3 aromatic rings. The molecule has 0 radical (unpaired) electrons. The predicted molar refractivity (Wildman–Crippen MR) is 104 cm³/mol. The van der Waals surface area contributed by atoms with Gasteiger partial charge >= 0.3 is 0 Å². The van der Waals surface area contributed by atoms with Gasteiger partial charge in [-0.2, -0.15) is 0 Å². The Labute approximate surface area is 159 Å². The van der Waals surface area contributed by atoms with Crippen LogP contribution < -0.4 is 4.74 Å². The summed E-state index contributed by atoms with van der Waals surface area (Å²) in [5, 5.41) is 0. The van der Waals surface area contributed by atoms with Crippen LogP contribution in [0.4, 0.5) is 0 Å². The Kier molecular flexibility index (Phi) is 4.92. The van der Waals surface area contributed by atoms with Gasteiger partial charge in [-0.25, -0.2) is 4.98 Å². The van der Waals surface area contributed by atoms with Crippen LogP contribution in [0.2, 0.25) is 0 Å². The number of carbonyl (C=O) groups is 1. The van der Waals surface area contributed by atoms with E-state index in [2.05, 4.69) is 21.7 Å². The van der Waals surface area contributed by atoms with Gasteiger partial charge < -0.3 is 14.2 Å². The summed E-state index contributed by atoms with van der Waals surface area (Å²) in [5.41, 5.74) is 3.40. The van der Waals surface area contributed by atoms with Crippen LogP contribution in [0.15, 0.2) is 60.8 Å². The molecule has 0 fully saturated rings. The summed E-state index contributed by atoms with van der Waals surface area (Å²) in [6.07, 6.45) is 3.22. The highest BCUT2D eigenvalue weighted by atomic mass is 16.5. The van der Waals surface area contributed by atoms with Crippen LogP contribution in [0, 0.1) is 0 Å². The molecular weight excluding hydrogens is 338 g/mol. The van der Waals surface area contributed by atoms with Crippen LogP contribution >= 0.6 is 0 Å². The number of nitrogens with zero attached hydrogens (tertiary/aromatic N) is 3. The second-order valence-electron chi connectivity index (χ2n) is 6.74. The average molecular weight is 361 g/mol. The third-order valence-electron chi connectivity index (χ3n) is 5.07. The van der Waals surface area contributed by atoms with E-state index in [-0.39, 0.29) is 5.91 Å². The van der Waals surface area contributed by atoms with E-state index in [9.17, 15) is 4.79 Å². The number of imidazole rings is 1. The van der Waals surface area contributed by atoms with Crippen molar-refractivity contribution in [1.29, 1.82) is 0 Å². The van der Waals surface area contributed by atoms with Gasteiger partial charge in [-0.3, -0.25) is 4.79 Å². The van der Waals surface area contributed by atoms with E-state index >= 15 is 0 Å². The molecule has 4 rings (SSSR count). The third kappa shape index (κ3) is 3.72. The molecule has 0 spiro atoms. The van der Waals surface area contributed by atoms with E-state index in [1.165, 1.54) is 5.56 Å². The molecule has 0 N–H and O–H groups in total. The number of ether oxygens (including phenoxy) is 1. The number of aromatic nitrogens is 2. The van der Waals surface area contributed by atoms with Gasteiger partial charge in [0.25, 0.3) is 0 Å². The first kappa shape index (κ1) is 17.3. The average Bonchev–Trinajstić information content (AvgIpc) is 3.16. The molecule has 2 heterocycles. The van der Waals surface area contributed by atoms with Crippen molar-refractivity contribution in [1.82, 2.24) is 14.5 Å². The molecule has 5 heteroatoms. The molecule has 27 heavy (non-hydrogen) atoms. The number of aryl methyl sites for hydroxylation is 1. The topological polar surface area (TPSA) is 47.4 Å². The maximum absolute atomic E-state index is 12.6. The van der Waals surface area contributed by atoms with Gasteiger partial charge in [0.2, 0.25) is 5.91 Å². The SMILES string of the molecule is COc1ccc(-c2cnc3n2CCN(C(=O)CCc2ccccc2)C3)cc1. The number of methoxy groups -OCH3 is 1. The lowest BCUT2D eigenvalue weighted by Gasteiger charge is -2.28. The molecule has 5 nitrogen and oxygen atoms in total. The molecule has 0 saturated heterocycles. The minimum absolute atomic E-state index is 0.194. The van der Waals surface area contributed by atoms with Gasteiger partial charge in [0.05, 0.1) is 25.5 Å². The molecule has 1 aliphatic heterocycles. The van der Waals surface area contributed by atoms with E-state index in [4.69, 9.17) is 4.74 Å². The summed E-state index contributed by atoms with van der Waals surface area (Å²) in [7, 11) is 1.67.